The van der Waals surface area contributed by atoms with Gasteiger partial charge in [-0.25, -0.2) is 0 Å². The first-order valence-corrected chi connectivity index (χ1v) is 10.8. The largest absolute Gasteiger partial charge is 0.497 e. The molecule has 2 aliphatic heterocycles. The maximum Gasteiger partial charge on any atom is 0.238 e. The van der Waals surface area contributed by atoms with E-state index in [0.717, 1.165) is 55.2 Å². The van der Waals surface area contributed by atoms with E-state index < -0.39 is 0 Å². The van der Waals surface area contributed by atoms with Crippen LogP contribution in [0.1, 0.15) is 37.3 Å². The number of likely N-dealkylation sites (tertiary alicyclic amines) is 1. The summed E-state index contributed by atoms with van der Waals surface area (Å²) in [6.45, 7) is 3.50. The Balaban J connectivity index is 1.40. The van der Waals surface area contributed by atoms with Gasteiger partial charge in [-0.05, 0) is 74.7 Å². The lowest BCUT2D eigenvalue weighted by molar-refractivity contribution is -0.117. The maximum atomic E-state index is 12.7. The molecule has 0 aromatic heterocycles. The number of ether oxygens (including phenoxy) is 2. The molecular weight excluding hydrogens is 378 g/mol. The zero-order valence-corrected chi connectivity index (χ0v) is 17.9. The molecule has 0 aliphatic carbocycles. The molecule has 1 atom stereocenters. The summed E-state index contributed by atoms with van der Waals surface area (Å²) in [5.74, 6) is 1.66. The second-order valence-corrected chi connectivity index (χ2v) is 8.03. The molecule has 1 N–H and O–H groups in total. The van der Waals surface area contributed by atoms with Crippen LogP contribution >= 0.6 is 0 Å². The molecule has 2 aliphatic rings. The number of benzene rings is 2. The number of anilines is 2. The third-order valence-corrected chi connectivity index (χ3v) is 6.13. The fourth-order valence-corrected chi connectivity index (χ4v) is 4.58. The molecule has 2 heterocycles. The van der Waals surface area contributed by atoms with Crippen LogP contribution in [0.2, 0.25) is 0 Å². The SMILES string of the molecule is COc1ccc(OC)c(C2CCCN2CC(=O)Nc2ccc(N3CCCC3)cc2)c1. The summed E-state index contributed by atoms with van der Waals surface area (Å²) in [6.07, 6.45) is 4.57. The van der Waals surface area contributed by atoms with Gasteiger partial charge in [0, 0.05) is 36.1 Å². The summed E-state index contributed by atoms with van der Waals surface area (Å²) >= 11 is 0. The molecule has 30 heavy (non-hydrogen) atoms. The Morgan fingerprint density at radius 2 is 1.77 bits per heavy atom. The lowest BCUT2D eigenvalue weighted by Crippen LogP contribution is -2.33. The third kappa shape index (κ3) is 4.54. The molecule has 4 rings (SSSR count). The van der Waals surface area contributed by atoms with Gasteiger partial charge in [0.25, 0.3) is 0 Å². The van der Waals surface area contributed by atoms with Crippen molar-refractivity contribution in [3.8, 4) is 11.5 Å². The van der Waals surface area contributed by atoms with Gasteiger partial charge in [-0.1, -0.05) is 0 Å². The molecular formula is C24H31N3O3. The number of carbonyl (C=O) groups is 1. The Hall–Kier alpha value is -2.73. The van der Waals surface area contributed by atoms with Gasteiger partial charge >= 0.3 is 0 Å². The van der Waals surface area contributed by atoms with E-state index in [2.05, 4.69) is 27.2 Å². The van der Waals surface area contributed by atoms with Gasteiger partial charge in [0.05, 0.1) is 20.8 Å². The van der Waals surface area contributed by atoms with Crippen molar-refractivity contribution in [2.75, 3.05) is 50.6 Å². The summed E-state index contributed by atoms with van der Waals surface area (Å²) in [5.41, 5.74) is 3.16. The average molecular weight is 410 g/mol. The molecule has 0 spiro atoms. The van der Waals surface area contributed by atoms with Crippen molar-refractivity contribution in [3.63, 3.8) is 0 Å². The van der Waals surface area contributed by atoms with Crippen molar-refractivity contribution >= 4 is 17.3 Å². The minimum atomic E-state index is 0.0117. The van der Waals surface area contributed by atoms with Crippen LogP contribution in [-0.2, 0) is 4.79 Å². The van der Waals surface area contributed by atoms with Crippen LogP contribution in [0, 0.1) is 0 Å². The summed E-state index contributed by atoms with van der Waals surface area (Å²) in [6, 6.07) is 14.2. The van der Waals surface area contributed by atoms with Crippen molar-refractivity contribution < 1.29 is 14.3 Å². The molecule has 2 saturated heterocycles. The first kappa shape index (κ1) is 20.5. The van der Waals surface area contributed by atoms with Crippen molar-refractivity contribution in [3.05, 3.63) is 48.0 Å². The molecule has 1 unspecified atom stereocenters. The fourth-order valence-electron chi connectivity index (χ4n) is 4.58. The Bertz CT molecular complexity index is 862. The van der Waals surface area contributed by atoms with Crippen molar-refractivity contribution in [2.24, 2.45) is 0 Å². The number of nitrogens with one attached hydrogen (secondary N) is 1. The van der Waals surface area contributed by atoms with Gasteiger partial charge in [0.15, 0.2) is 0 Å². The van der Waals surface area contributed by atoms with Crippen LogP contribution in [0.4, 0.5) is 11.4 Å². The minimum absolute atomic E-state index is 0.0117. The maximum absolute atomic E-state index is 12.7. The van der Waals surface area contributed by atoms with Gasteiger partial charge in [0.2, 0.25) is 5.91 Å². The highest BCUT2D eigenvalue weighted by atomic mass is 16.5. The van der Waals surface area contributed by atoms with Crippen LogP contribution in [0.15, 0.2) is 42.5 Å². The summed E-state index contributed by atoms with van der Waals surface area (Å²) < 4.78 is 11.0. The number of rotatable bonds is 7. The van der Waals surface area contributed by atoms with Gasteiger partial charge in [-0.15, -0.1) is 0 Å². The molecule has 2 aromatic carbocycles. The lowest BCUT2D eigenvalue weighted by Gasteiger charge is -2.26. The number of carbonyl (C=O) groups excluding carboxylic acids is 1. The van der Waals surface area contributed by atoms with Crippen molar-refractivity contribution in [1.82, 2.24) is 4.90 Å². The van der Waals surface area contributed by atoms with E-state index in [-0.39, 0.29) is 11.9 Å². The highest BCUT2D eigenvalue weighted by molar-refractivity contribution is 5.92. The summed E-state index contributed by atoms with van der Waals surface area (Å²) in [5, 5.41) is 3.05. The Morgan fingerprint density at radius 3 is 2.47 bits per heavy atom. The van der Waals surface area contributed by atoms with Crippen molar-refractivity contribution in [1.29, 1.82) is 0 Å². The van der Waals surface area contributed by atoms with Gasteiger partial charge in [-0.2, -0.15) is 0 Å². The smallest absolute Gasteiger partial charge is 0.238 e. The highest BCUT2D eigenvalue weighted by Crippen LogP contribution is 2.38. The number of nitrogens with zero attached hydrogens (tertiary/aromatic N) is 2. The molecule has 2 aromatic rings. The van der Waals surface area contributed by atoms with Crippen LogP contribution in [0.5, 0.6) is 11.5 Å². The second-order valence-electron chi connectivity index (χ2n) is 8.03. The van der Waals surface area contributed by atoms with E-state index in [1.54, 1.807) is 14.2 Å². The second kappa shape index (κ2) is 9.39. The lowest BCUT2D eigenvalue weighted by atomic mass is 10.0. The Labute approximate surface area is 178 Å². The van der Waals surface area contributed by atoms with Crippen molar-refractivity contribution in [2.45, 2.75) is 31.7 Å². The molecule has 0 radical (unpaired) electrons. The third-order valence-electron chi connectivity index (χ3n) is 6.13. The first-order valence-electron chi connectivity index (χ1n) is 10.8. The number of hydrogen-bond acceptors (Lipinski definition) is 5. The van der Waals surface area contributed by atoms with Crippen LogP contribution in [0.25, 0.3) is 0 Å². The van der Waals surface area contributed by atoms with E-state index in [9.17, 15) is 4.79 Å². The van der Waals surface area contributed by atoms with E-state index in [1.807, 2.05) is 30.3 Å². The summed E-state index contributed by atoms with van der Waals surface area (Å²) in [4.78, 5) is 17.4. The quantitative estimate of drug-likeness (QED) is 0.747. The monoisotopic (exact) mass is 409 g/mol. The van der Waals surface area contributed by atoms with E-state index >= 15 is 0 Å². The zero-order valence-electron chi connectivity index (χ0n) is 17.9. The number of methoxy groups -OCH3 is 2. The predicted octanol–water partition coefficient (Wildman–Crippen LogP) is 4.08. The standard InChI is InChI=1S/C24H31N3O3/c1-29-20-11-12-23(30-2)21(16-20)22-6-5-15-27(22)17-24(28)25-18-7-9-19(10-8-18)26-13-3-4-14-26/h7-12,16,22H,3-6,13-15,17H2,1-2H3,(H,25,28). The van der Waals surface area contributed by atoms with Gasteiger partial charge in [-0.3, -0.25) is 9.69 Å². The van der Waals surface area contributed by atoms with Crippen LogP contribution in [-0.4, -0.2) is 51.2 Å². The molecule has 1 amide bonds. The van der Waals surface area contributed by atoms with Gasteiger partial charge in [0.1, 0.15) is 11.5 Å². The molecule has 0 saturated carbocycles. The Morgan fingerprint density at radius 1 is 1.00 bits per heavy atom. The van der Waals surface area contributed by atoms with E-state index in [1.165, 1.54) is 18.5 Å². The van der Waals surface area contributed by atoms with Crippen LogP contribution in [0.3, 0.4) is 0 Å². The number of amides is 1. The molecule has 160 valence electrons. The highest BCUT2D eigenvalue weighted by Gasteiger charge is 2.30. The number of hydrogen-bond donors (Lipinski definition) is 1. The topological polar surface area (TPSA) is 54.0 Å². The van der Waals surface area contributed by atoms with E-state index in [4.69, 9.17) is 9.47 Å². The molecule has 0 bridgehead atoms. The average Bonchev–Trinajstić information content (AvgIpc) is 3.46. The van der Waals surface area contributed by atoms with Crippen LogP contribution < -0.4 is 19.7 Å². The predicted molar refractivity (Wildman–Crippen MR) is 120 cm³/mol. The molecule has 6 nitrogen and oxygen atoms in total. The first-order chi connectivity index (χ1) is 14.7. The zero-order chi connectivity index (χ0) is 20.9. The van der Waals surface area contributed by atoms with E-state index in [0.29, 0.717) is 6.54 Å². The molecule has 6 heteroatoms. The minimum Gasteiger partial charge on any atom is -0.497 e. The fraction of sp³-hybridized carbons (Fsp3) is 0.458. The molecule has 2 fully saturated rings. The van der Waals surface area contributed by atoms with Gasteiger partial charge < -0.3 is 19.7 Å². The Kier molecular flexibility index (Phi) is 6.43. The summed E-state index contributed by atoms with van der Waals surface area (Å²) in [7, 11) is 3.35. The normalized spacial score (nSPS) is 19.1.